The maximum Gasteiger partial charge on any atom is 0.339 e. The van der Waals surface area contributed by atoms with E-state index in [0.29, 0.717) is 0 Å². The number of guanidine groups is 2. The third kappa shape index (κ3) is 3.05. The summed E-state index contributed by atoms with van der Waals surface area (Å²) in [4.78, 5) is 21.4. The van der Waals surface area contributed by atoms with Crippen LogP contribution in [0.3, 0.4) is 0 Å². The molecule has 13 heavy (non-hydrogen) atoms. The summed E-state index contributed by atoms with van der Waals surface area (Å²) in [6.07, 6.45) is 0. The smallest absolute Gasteiger partial charge is 0.339 e. The van der Waals surface area contributed by atoms with Crippen molar-refractivity contribution in [3.63, 3.8) is 0 Å². The predicted octanol–water partition coefficient (Wildman–Crippen LogP) is -2.14. The normalized spacial score (nSPS) is 8.62. The molecule has 9 N–H and O–H groups in total. The SMILES string of the molecule is N=C(N)N(C(=N)N)C(=O)NC(N)=O. The second kappa shape index (κ2) is 3.90. The molecule has 9 heteroatoms. The number of rotatable bonds is 0. The first-order valence-electron chi connectivity index (χ1n) is 2.95. The molecule has 72 valence electrons. The van der Waals surface area contributed by atoms with E-state index < -0.39 is 24.0 Å². The first kappa shape index (κ1) is 10.7. The standard InChI is InChI=1S/C4H9N7O2/c5-1(6)11(2(7)8)4(13)10-3(9)12/h(H3,5,6)(H3,7,8)(H3,9,10,12,13). The van der Waals surface area contributed by atoms with E-state index in [4.69, 9.17) is 22.3 Å². The van der Waals surface area contributed by atoms with Crippen LogP contribution >= 0.6 is 0 Å². The minimum atomic E-state index is -1.15. The summed E-state index contributed by atoms with van der Waals surface area (Å²) >= 11 is 0. The van der Waals surface area contributed by atoms with Gasteiger partial charge in [-0.2, -0.15) is 0 Å². The molecule has 0 aromatic rings. The zero-order valence-electron chi connectivity index (χ0n) is 6.50. The highest BCUT2D eigenvalue weighted by atomic mass is 16.2. The van der Waals surface area contributed by atoms with Crippen LogP contribution < -0.4 is 22.5 Å². The van der Waals surface area contributed by atoms with Gasteiger partial charge in [0.1, 0.15) is 0 Å². The molecule has 0 fully saturated rings. The lowest BCUT2D eigenvalue weighted by Gasteiger charge is -2.16. The van der Waals surface area contributed by atoms with Gasteiger partial charge in [0.25, 0.3) is 0 Å². The number of hydrogen-bond acceptors (Lipinski definition) is 4. The van der Waals surface area contributed by atoms with Crippen molar-refractivity contribution in [2.45, 2.75) is 0 Å². The van der Waals surface area contributed by atoms with Gasteiger partial charge in [0.15, 0.2) is 0 Å². The molecule has 0 heterocycles. The fourth-order valence-corrected chi connectivity index (χ4v) is 0.510. The van der Waals surface area contributed by atoms with Crippen LogP contribution in [0.2, 0.25) is 0 Å². The van der Waals surface area contributed by atoms with E-state index in [1.165, 1.54) is 0 Å². The monoisotopic (exact) mass is 187 g/mol. The zero-order valence-corrected chi connectivity index (χ0v) is 6.50. The number of carbonyl (C=O) groups excluding carboxylic acids is 2. The lowest BCUT2D eigenvalue weighted by atomic mass is 10.6. The summed E-state index contributed by atoms with van der Waals surface area (Å²) < 4.78 is 0. The van der Waals surface area contributed by atoms with E-state index in [2.05, 4.69) is 5.73 Å². The van der Waals surface area contributed by atoms with Gasteiger partial charge < -0.3 is 17.2 Å². The summed E-state index contributed by atoms with van der Waals surface area (Å²) in [6, 6.07) is -2.27. The van der Waals surface area contributed by atoms with Gasteiger partial charge in [-0.15, -0.1) is 0 Å². The minimum Gasteiger partial charge on any atom is -0.369 e. The summed E-state index contributed by atoms with van der Waals surface area (Å²) in [5.74, 6) is -1.57. The van der Waals surface area contributed by atoms with Crippen LogP contribution in [0.15, 0.2) is 0 Å². The van der Waals surface area contributed by atoms with Gasteiger partial charge in [0.2, 0.25) is 11.9 Å². The maximum absolute atomic E-state index is 10.9. The molecule has 0 unspecified atom stereocenters. The maximum atomic E-state index is 10.9. The van der Waals surface area contributed by atoms with Crippen LogP contribution in [-0.4, -0.2) is 28.9 Å². The minimum absolute atomic E-state index is 0.269. The molecule has 0 spiro atoms. The molecule has 0 saturated heterocycles. The fourth-order valence-electron chi connectivity index (χ4n) is 0.510. The van der Waals surface area contributed by atoms with Crippen molar-refractivity contribution in [3.8, 4) is 0 Å². The predicted molar refractivity (Wildman–Crippen MR) is 43.8 cm³/mol. The van der Waals surface area contributed by atoms with Crippen LogP contribution in [0.25, 0.3) is 0 Å². The van der Waals surface area contributed by atoms with E-state index >= 15 is 0 Å². The van der Waals surface area contributed by atoms with Gasteiger partial charge in [-0.3, -0.25) is 16.1 Å². The summed E-state index contributed by atoms with van der Waals surface area (Å²) in [7, 11) is 0. The second-order valence-corrected chi connectivity index (χ2v) is 1.90. The van der Waals surface area contributed by atoms with Crippen LogP contribution in [0, 0.1) is 10.8 Å². The molecular weight excluding hydrogens is 178 g/mol. The van der Waals surface area contributed by atoms with Crippen molar-refractivity contribution >= 4 is 24.0 Å². The highest BCUT2D eigenvalue weighted by molar-refractivity contribution is 6.12. The van der Waals surface area contributed by atoms with Crippen molar-refractivity contribution in [1.82, 2.24) is 10.2 Å². The average molecular weight is 187 g/mol. The Labute approximate surface area is 72.9 Å². The molecule has 9 nitrogen and oxygen atoms in total. The average Bonchev–Trinajstić information content (AvgIpc) is 1.81. The lowest BCUT2D eigenvalue weighted by Crippen LogP contribution is -2.54. The first-order chi connectivity index (χ1) is 5.86. The van der Waals surface area contributed by atoms with E-state index in [9.17, 15) is 9.59 Å². The molecule has 0 aromatic carbocycles. The zero-order chi connectivity index (χ0) is 10.6. The molecule has 0 aliphatic heterocycles. The molecule has 0 aromatic heterocycles. The number of nitrogens with one attached hydrogen (secondary N) is 3. The Morgan fingerprint density at radius 1 is 1.08 bits per heavy atom. The van der Waals surface area contributed by atoms with Crippen LogP contribution in [0.4, 0.5) is 9.59 Å². The highest BCUT2D eigenvalue weighted by Crippen LogP contribution is 1.85. The molecule has 4 amide bonds. The number of amides is 4. The van der Waals surface area contributed by atoms with Crippen molar-refractivity contribution in [3.05, 3.63) is 0 Å². The fraction of sp³-hybridized carbons (Fsp3) is 0. The third-order valence-electron chi connectivity index (χ3n) is 0.915. The van der Waals surface area contributed by atoms with E-state index in [1.807, 2.05) is 0 Å². The highest BCUT2D eigenvalue weighted by Gasteiger charge is 2.20. The number of primary amides is 1. The van der Waals surface area contributed by atoms with Crippen molar-refractivity contribution in [2.24, 2.45) is 17.2 Å². The molecule has 0 saturated carbocycles. The van der Waals surface area contributed by atoms with E-state index in [0.717, 1.165) is 0 Å². The van der Waals surface area contributed by atoms with Gasteiger partial charge in [0, 0.05) is 0 Å². The number of urea groups is 2. The Hall–Kier alpha value is -2.32. The number of hydrogen-bond donors (Lipinski definition) is 6. The van der Waals surface area contributed by atoms with Crippen LogP contribution in [-0.2, 0) is 0 Å². The van der Waals surface area contributed by atoms with Gasteiger partial charge in [-0.1, -0.05) is 0 Å². The Balaban J connectivity index is 4.57. The molecular formula is C4H9N7O2. The molecule has 0 atom stereocenters. The molecule has 0 aliphatic carbocycles. The Bertz CT molecular complexity index is 258. The third-order valence-corrected chi connectivity index (χ3v) is 0.915. The topological polar surface area (TPSA) is 175 Å². The van der Waals surface area contributed by atoms with Gasteiger partial charge in [0.05, 0.1) is 0 Å². The Morgan fingerprint density at radius 3 is 1.69 bits per heavy atom. The molecule has 0 radical (unpaired) electrons. The number of imide groups is 1. The number of nitrogens with two attached hydrogens (primary N) is 3. The van der Waals surface area contributed by atoms with Gasteiger partial charge in [-0.05, 0) is 0 Å². The van der Waals surface area contributed by atoms with Gasteiger partial charge >= 0.3 is 12.1 Å². The van der Waals surface area contributed by atoms with Crippen LogP contribution in [0.1, 0.15) is 0 Å². The van der Waals surface area contributed by atoms with Crippen molar-refractivity contribution in [1.29, 1.82) is 10.8 Å². The quantitative estimate of drug-likeness (QED) is 0.187. The number of carbonyl (C=O) groups is 2. The molecule has 0 bridgehead atoms. The summed E-state index contributed by atoms with van der Waals surface area (Å²) in [6.45, 7) is 0. The Morgan fingerprint density at radius 2 is 1.46 bits per heavy atom. The van der Waals surface area contributed by atoms with E-state index in [-0.39, 0.29) is 4.90 Å². The Kier molecular flexibility index (Phi) is 3.20. The van der Waals surface area contributed by atoms with E-state index in [1.54, 1.807) is 5.32 Å². The summed E-state index contributed by atoms with van der Waals surface area (Å²) in [5.41, 5.74) is 14.4. The van der Waals surface area contributed by atoms with Crippen LogP contribution in [0.5, 0.6) is 0 Å². The number of nitrogens with zero attached hydrogens (tertiary/aromatic N) is 1. The van der Waals surface area contributed by atoms with Crippen molar-refractivity contribution < 1.29 is 9.59 Å². The summed E-state index contributed by atoms with van der Waals surface area (Å²) in [5, 5.41) is 15.2. The molecule has 0 aliphatic rings. The largest absolute Gasteiger partial charge is 0.369 e. The first-order valence-corrected chi connectivity index (χ1v) is 2.95. The van der Waals surface area contributed by atoms with Gasteiger partial charge in [-0.25, -0.2) is 14.5 Å². The molecule has 0 rings (SSSR count). The second-order valence-electron chi connectivity index (χ2n) is 1.90. The van der Waals surface area contributed by atoms with Crippen molar-refractivity contribution in [2.75, 3.05) is 0 Å². The lowest BCUT2D eigenvalue weighted by molar-refractivity contribution is 0.225.